The monoisotopic (exact) mass is 312 g/mol. The lowest BCUT2D eigenvalue weighted by atomic mass is 9.79. The average Bonchev–Trinajstić information content (AvgIpc) is 2.48. The molecule has 1 aromatic rings. The number of amides is 1. The minimum Gasteiger partial charge on any atom is -0.381 e. The maximum atomic E-state index is 12.6. The first-order valence-corrected chi connectivity index (χ1v) is 7.23. The summed E-state index contributed by atoms with van der Waals surface area (Å²) in [5.41, 5.74) is 7.73. The minimum atomic E-state index is -0.461. The van der Waals surface area contributed by atoms with Crippen LogP contribution in [0.1, 0.15) is 36.9 Å². The van der Waals surface area contributed by atoms with Crippen LogP contribution in [0.5, 0.6) is 0 Å². The van der Waals surface area contributed by atoms with Gasteiger partial charge >= 0.3 is 0 Å². The zero-order valence-corrected chi connectivity index (χ0v) is 13.5. The number of carbonyl (C=O) groups excluding carboxylic acids is 1. The molecule has 1 amide bonds. The van der Waals surface area contributed by atoms with Gasteiger partial charge in [0.15, 0.2) is 0 Å². The quantitative estimate of drug-likeness (QED) is 0.897. The molecule has 4 nitrogen and oxygen atoms in total. The predicted octanol–water partition coefficient (Wildman–Crippen LogP) is 2.35. The van der Waals surface area contributed by atoms with E-state index in [1.807, 2.05) is 6.92 Å². The van der Waals surface area contributed by atoms with Crippen molar-refractivity contribution in [3.05, 3.63) is 35.4 Å². The van der Waals surface area contributed by atoms with Crippen LogP contribution >= 0.6 is 12.4 Å². The number of ether oxygens (including phenoxy) is 1. The van der Waals surface area contributed by atoms with Gasteiger partial charge in [-0.3, -0.25) is 4.79 Å². The van der Waals surface area contributed by atoms with E-state index >= 15 is 0 Å². The summed E-state index contributed by atoms with van der Waals surface area (Å²) in [5.74, 6) is 0.0522. The van der Waals surface area contributed by atoms with Crippen LogP contribution in [0, 0.1) is 12.3 Å². The first-order valence-electron chi connectivity index (χ1n) is 7.23. The molecule has 1 unspecified atom stereocenters. The van der Waals surface area contributed by atoms with Gasteiger partial charge in [0.1, 0.15) is 0 Å². The zero-order chi connectivity index (χ0) is 14.6. The lowest BCUT2D eigenvalue weighted by Crippen LogP contribution is -2.49. The van der Waals surface area contributed by atoms with E-state index < -0.39 is 5.41 Å². The van der Waals surface area contributed by atoms with Crippen molar-refractivity contribution in [1.82, 2.24) is 5.32 Å². The number of hydrogen-bond acceptors (Lipinski definition) is 3. The Bertz CT molecular complexity index is 456. The van der Waals surface area contributed by atoms with Crippen molar-refractivity contribution < 1.29 is 9.53 Å². The molecule has 1 heterocycles. The van der Waals surface area contributed by atoms with Crippen LogP contribution in [0.15, 0.2) is 24.3 Å². The van der Waals surface area contributed by atoms with Crippen molar-refractivity contribution >= 4 is 18.3 Å². The summed E-state index contributed by atoms with van der Waals surface area (Å²) >= 11 is 0. The van der Waals surface area contributed by atoms with Crippen molar-refractivity contribution in [1.29, 1.82) is 0 Å². The van der Waals surface area contributed by atoms with Gasteiger partial charge in [0.25, 0.3) is 0 Å². The summed E-state index contributed by atoms with van der Waals surface area (Å²) in [6.07, 6.45) is 1.41. The fourth-order valence-corrected chi connectivity index (χ4v) is 2.57. The van der Waals surface area contributed by atoms with E-state index in [9.17, 15) is 4.79 Å². The Morgan fingerprint density at radius 3 is 2.43 bits per heavy atom. The summed E-state index contributed by atoms with van der Waals surface area (Å²) in [4.78, 5) is 12.6. The number of hydrogen-bond donors (Lipinski definition) is 2. The molecule has 1 aromatic carbocycles. The summed E-state index contributed by atoms with van der Waals surface area (Å²) in [6.45, 7) is 5.67. The number of nitrogens with two attached hydrogens (primary N) is 1. The molecule has 0 spiro atoms. The lowest BCUT2D eigenvalue weighted by Gasteiger charge is -2.35. The van der Waals surface area contributed by atoms with Gasteiger partial charge in [0, 0.05) is 19.8 Å². The third kappa shape index (κ3) is 4.19. The van der Waals surface area contributed by atoms with Crippen LogP contribution in [-0.2, 0) is 9.53 Å². The standard InChI is InChI=1S/C16H24N2O2.ClH/c1-12-3-5-14(6-4-12)13(2)18-15(19)16(11-17)7-9-20-10-8-16;/h3-6,13H,7-11,17H2,1-2H3,(H,18,19);1H. The summed E-state index contributed by atoms with van der Waals surface area (Å²) in [7, 11) is 0. The highest BCUT2D eigenvalue weighted by Gasteiger charge is 2.39. The summed E-state index contributed by atoms with van der Waals surface area (Å²) in [6, 6.07) is 8.23. The molecule has 1 atom stereocenters. The second-order valence-corrected chi connectivity index (χ2v) is 5.70. The van der Waals surface area contributed by atoms with E-state index in [4.69, 9.17) is 10.5 Å². The summed E-state index contributed by atoms with van der Waals surface area (Å²) in [5, 5.41) is 3.10. The Labute approximate surface area is 132 Å². The number of nitrogens with one attached hydrogen (secondary N) is 1. The molecule has 0 saturated carbocycles. The number of rotatable bonds is 4. The van der Waals surface area contributed by atoms with Crippen LogP contribution < -0.4 is 11.1 Å². The third-order valence-corrected chi connectivity index (χ3v) is 4.25. The molecule has 5 heteroatoms. The van der Waals surface area contributed by atoms with Gasteiger partial charge in [-0.25, -0.2) is 0 Å². The largest absolute Gasteiger partial charge is 0.381 e. The van der Waals surface area contributed by atoms with Crippen molar-refractivity contribution in [3.63, 3.8) is 0 Å². The third-order valence-electron chi connectivity index (χ3n) is 4.25. The molecule has 118 valence electrons. The van der Waals surface area contributed by atoms with Crippen molar-refractivity contribution in [3.8, 4) is 0 Å². The Kier molecular flexibility index (Phi) is 6.65. The van der Waals surface area contributed by atoms with Crippen LogP contribution in [0.25, 0.3) is 0 Å². The number of halogens is 1. The van der Waals surface area contributed by atoms with Crippen LogP contribution in [0.3, 0.4) is 0 Å². The Morgan fingerprint density at radius 1 is 1.33 bits per heavy atom. The molecular weight excluding hydrogens is 288 g/mol. The zero-order valence-electron chi connectivity index (χ0n) is 12.7. The highest BCUT2D eigenvalue weighted by Crippen LogP contribution is 2.30. The summed E-state index contributed by atoms with van der Waals surface area (Å²) < 4.78 is 5.34. The predicted molar refractivity (Wildman–Crippen MR) is 86.5 cm³/mol. The molecule has 1 fully saturated rings. The smallest absolute Gasteiger partial charge is 0.228 e. The van der Waals surface area contributed by atoms with E-state index in [0.29, 0.717) is 32.6 Å². The van der Waals surface area contributed by atoms with Crippen LogP contribution in [-0.4, -0.2) is 25.7 Å². The lowest BCUT2D eigenvalue weighted by molar-refractivity contribution is -0.136. The van der Waals surface area contributed by atoms with E-state index in [1.165, 1.54) is 5.56 Å². The van der Waals surface area contributed by atoms with Crippen LogP contribution in [0.4, 0.5) is 0 Å². The highest BCUT2D eigenvalue weighted by atomic mass is 35.5. The maximum absolute atomic E-state index is 12.6. The fourth-order valence-electron chi connectivity index (χ4n) is 2.57. The molecule has 0 bridgehead atoms. The number of carbonyl (C=O) groups is 1. The molecule has 0 aromatic heterocycles. The normalized spacial score (nSPS) is 18.4. The van der Waals surface area contributed by atoms with Gasteiger partial charge in [-0.05, 0) is 32.3 Å². The second-order valence-electron chi connectivity index (χ2n) is 5.70. The molecule has 0 radical (unpaired) electrons. The molecule has 1 saturated heterocycles. The van der Waals surface area contributed by atoms with E-state index in [-0.39, 0.29) is 24.4 Å². The van der Waals surface area contributed by atoms with Crippen LogP contribution in [0.2, 0.25) is 0 Å². The maximum Gasteiger partial charge on any atom is 0.228 e. The van der Waals surface area contributed by atoms with Gasteiger partial charge in [-0.2, -0.15) is 0 Å². The molecule has 1 aliphatic heterocycles. The fraction of sp³-hybridized carbons (Fsp3) is 0.562. The van der Waals surface area contributed by atoms with Crippen molar-refractivity contribution in [2.75, 3.05) is 19.8 Å². The van der Waals surface area contributed by atoms with E-state index in [2.05, 4.69) is 36.5 Å². The second kappa shape index (κ2) is 7.78. The molecule has 0 aliphatic carbocycles. The number of benzene rings is 1. The van der Waals surface area contributed by atoms with Crippen molar-refractivity contribution in [2.24, 2.45) is 11.1 Å². The van der Waals surface area contributed by atoms with Gasteiger partial charge in [0.05, 0.1) is 11.5 Å². The molecule has 1 aliphatic rings. The Balaban J connectivity index is 0.00000220. The van der Waals surface area contributed by atoms with Gasteiger partial charge in [-0.1, -0.05) is 29.8 Å². The van der Waals surface area contributed by atoms with E-state index in [0.717, 1.165) is 5.56 Å². The van der Waals surface area contributed by atoms with Gasteiger partial charge < -0.3 is 15.8 Å². The molecule has 2 rings (SSSR count). The Hall–Kier alpha value is -1.10. The number of aryl methyl sites for hydroxylation is 1. The Morgan fingerprint density at radius 2 is 1.90 bits per heavy atom. The molecular formula is C16H25ClN2O2. The highest BCUT2D eigenvalue weighted by molar-refractivity contribution is 5.85. The SMILES string of the molecule is Cc1ccc(C(C)NC(=O)C2(CN)CCOCC2)cc1.Cl. The average molecular weight is 313 g/mol. The molecule has 3 N–H and O–H groups in total. The minimum absolute atomic E-state index is 0. The molecule has 21 heavy (non-hydrogen) atoms. The van der Waals surface area contributed by atoms with E-state index in [1.54, 1.807) is 0 Å². The van der Waals surface area contributed by atoms with Gasteiger partial charge in [0.2, 0.25) is 5.91 Å². The van der Waals surface area contributed by atoms with Gasteiger partial charge in [-0.15, -0.1) is 12.4 Å². The van der Waals surface area contributed by atoms with Crippen molar-refractivity contribution in [2.45, 2.75) is 32.7 Å². The topological polar surface area (TPSA) is 64.4 Å². The first-order chi connectivity index (χ1) is 9.57. The first kappa shape index (κ1) is 18.0.